The second-order valence-corrected chi connectivity index (χ2v) is 9.11. The maximum absolute atomic E-state index is 12.7. The quantitative estimate of drug-likeness (QED) is 0.806. The Morgan fingerprint density at radius 1 is 1.31 bits per heavy atom. The third kappa shape index (κ3) is 3.42. The van der Waals surface area contributed by atoms with Crippen molar-refractivity contribution in [2.45, 2.75) is 70.5 Å². The molecule has 0 spiro atoms. The van der Waals surface area contributed by atoms with Crippen LogP contribution in [0, 0.1) is 10.8 Å². The van der Waals surface area contributed by atoms with E-state index < -0.39 is 6.04 Å². The zero-order valence-electron chi connectivity index (χ0n) is 17.1. The molecular weight excluding hydrogens is 368 g/mol. The van der Waals surface area contributed by atoms with Crippen LogP contribution in [-0.4, -0.2) is 49.4 Å². The van der Waals surface area contributed by atoms with Crippen LogP contribution in [0.5, 0.6) is 0 Å². The van der Waals surface area contributed by atoms with Gasteiger partial charge in [-0.1, -0.05) is 13.3 Å². The number of carbonyl (C=O) groups is 1. The van der Waals surface area contributed by atoms with Crippen LogP contribution >= 0.6 is 0 Å². The minimum atomic E-state index is -0.394. The second kappa shape index (κ2) is 6.67. The highest BCUT2D eigenvalue weighted by molar-refractivity contribution is 6.02. The molecule has 0 aromatic carbocycles. The molecule has 9 heteroatoms. The lowest BCUT2D eigenvalue weighted by Gasteiger charge is -2.37. The van der Waals surface area contributed by atoms with E-state index in [1.165, 1.54) is 32.1 Å². The molecule has 2 aliphatic carbocycles. The molecule has 2 fully saturated rings. The number of likely N-dealkylation sites (N-methyl/N-ethyl adjacent to an activating group) is 1. The molecule has 0 unspecified atom stereocenters. The molecule has 0 saturated heterocycles. The lowest BCUT2D eigenvalue weighted by atomic mass is 9.70. The van der Waals surface area contributed by atoms with Gasteiger partial charge < -0.3 is 10.2 Å². The predicted octanol–water partition coefficient (Wildman–Crippen LogP) is 2.16. The number of carbonyl (C=O) groups excluding carboxylic acids is 1. The first-order valence-electron chi connectivity index (χ1n) is 10.5. The van der Waals surface area contributed by atoms with E-state index in [0.29, 0.717) is 24.7 Å². The maximum Gasteiger partial charge on any atom is 0.291 e. The van der Waals surface area contributed by atoms with Gasteiger partial charge in [-0.2, -0.15) is 5.10 Å². The Kier molecular flexibility index (Phi) is 4.22. The number of aromatic nitrogens is 5. The highest BCUT2D eigenvalue weighted by Crippen LogP contribution is 2.42. The van der Waals surface area contributed by atoms with Crippen molar-refractivity contribution in [2.24, 2.45) is 5.41 Å². The van der Waals surface area contributed by atoms with E-state index >= 15 is 0 Å². The summed E-state index contributed by atoms with van der Waals surface area (Å²) in [5.74, 6) is 1.70. The van der Waals surface area contributed by atoms with Gasteiger partial charge in [0.15, 0.2) is 0 Å². The molecule has 154 valence electrons. The number of hydrogen-bond acceptors (Lipinski definition) is 5. The summed E-state index contributed by atoms with van der Waals surface area (Å²) < 4.78 is 3.73. The number of rotatable bonds is 5. The SMILES string of the molecule is CN1C(=N)[C@@H](NC(=O)c2ncn(CC3(C)CCC3)n2)CCn2nc(C3CC3)cc21. The van der Waals surface area contributed by atoms with E-state index in [1.54, 1.807) is 11.0 Å². The van der Waals surface area contributed by atoms with Crippen molar-refractivity contribution in [3.8, 4) is 0 Å². The topological polar surface area (TPSA) is 105 Å². The van der Waals surface area contributed by atoms with Crippen molar-refractivity contribution >= 4 is 17.6 Å². The van der Waals surface area contributed by atoms with E-state index in [-0.39, 0.29) is 17.1 Å². The van der Waals surface area contributed by atoms with Crippen molar-refractivity contribution in [3.63, 3.8) is 0 Å². The number of amidine groups is 1. The summed E-state index contributed by atoms with van der Waals surface area (Å²) >= 11 is 0. The standard InChI is InChI=1S/C20H28N8O/c1-20(7-3-8-20)11-27-12-22-18(25-27)19(29)23-14-6-9-28-16(26(2)17(14)21)10-15(24-28)13-4-5-13/h10,12-14,21H,3-9,11H2,1-2H3,(H,23,29)/t14-/m0/s1. The molecule has 2 aromatic rings. The molecule has 1 aliphatic heterocycles. The minimum Gasteiger partial charge on any atom is -0.339 e. The summed E-state index contributed by atoms with van der Waals surface area (Å²) in [4.78, 5) is 18.7. The number of aryl methyl sites for hydroxylation is 1. The molecule has 2 aromatic heterocycles. The van der Waals surface area contributed by atoms with Gasteiger partial charge in [0.1, 0.15) is 18.0 Å². The molecule has 5 rings (SSSR count). The minimum absolute atomic E-state index is 0.168. The molecule has 9 nitrogen and oxygen atoms in total. The van der Waals surface area contributed by atoms with Crippen LogP contribution in [0.2, 0.25) is 0 Å². The van der Waals surface area contributed by atoms with E-state index in [0.717, 1.165) is 18.1 Å². The van der Waals surface area contributed by atoms with Gasteiger partial charge in [-0.15, -0.1) is 5.10 Å². The smallest absolute Gasteiger partial charge is 0.291 e. The normalized spacial score (nSPS) is 23.3. The molecule has 0 radical (unpaired) electrons. The van der Waals surface area contributed by atoms with Gasteiger partial charge in [0.05, 0.1) is 11.7 Å². The summed E-state index contributed by atoms with van der Waals surface area (Å²) in [5.41, 5.74) is 1.39. The van der Waals surface area contributed by atoms with Crippen LogP contribution in [0.25, 0.3) is 0 Å². The molecule has 0 bridgehead atoms. The molecule has 3 heterocycles. The van der Waals surface area contributed by atoms with Crippen LogP contribution in [-0.2, 0) is 13.1 Å². The molecule has 1 atom stereocenters. The van der Waals surface area contributed by atoms with Crippen molar-refractivity contribution in [2.75, 3.05) is 11.9 Å². The van der Waals surface area contributed by atoms with Crippen LogP contribution in [0.3, 0.4) is 0 Å². The Labute approximate surface area is 170 Å². The molecule has 1 amide bonds. The summed E-state index contributed by atoms with van der Waals surface area (Å²) in [6.45, 7) is 3.71. The zero-order chi connectivity index (χ0) is 20.2. The first-order chi connectivity index (χ1) is 13.9. The Morgan fingerprint density at radius 3 is 2.79 bits per heavy atom. The molecule has 2 N–H and O–H groups in total. The number of nitrogens with zero attached hydrogens (tertiary/aromatic N) is 6. The van der Waals surface area contributed by atoms with Crippen LogP contribution < -0.4 is 10.2 Å². The van der Waals surface area contributed by atoms with Crippen LogP contribution in [0.4, 0.5) is 5.82 Å². The van der Waals surface area contributed by atoms with Gasteiger partial charge in [-0.3, -0.25) is 14.9 Å². The van der Waals surface area contributed by atoms with Gasteiger partial charge >= 0.3 is 0 Å². The van der Waals surface area contributed by atoms with E-state index in [4.69, 9.17) is 10.5 Å². The average molecular weight is 396 g/mol. The van der Waals surface area contributed by atoms with Crippen LogP contribution in [0.1, 0.15) is 67.7 Å². The number of hydrogen-bond donors (Lipinski definition) is 2. The zero-order valence-corrected chi connectivity index (χ0v) is 17.1. The Balaban J connectivity index is 1.25. The van der Waals surface area contributed by atoms with Crippen LogP contribution in [0.15, 0.2) is 12.4 Å². The number of amides is 1. The highest BCUT2D eigenvalue weighted by Gasteiger charge is 2.34. The number of anilines is 1. The first kappa shape index (κ1) is 18.3. The first-order valence-corrected chi connectivity index (χ1v) is 10.5. The van der Waals surface area contributed by atoms with E-state index in [1.807, 2.05) is 16.6 Å². The Hall–Kier alpha value is -2.71. The molecular formula is C20H28N8O. The van der Waals surface area contributed by atoms with Crippen molar-refractivity contribution in [3.05, 3.63) is 23.9 Å². The third-order valence-corrected chi connectivity index (χ3v) is 6.59. The summed E-state index contributed by atoms with van der Waals surface area (Å²) in [6.07, 6.45) is 8.30. The van der Waals surface area contributed by atoms with Gasteiger partial charge in [-0.25, -0.2) is 9.67 Å². The van der Waals surface area contributed by atoms with E-state index in [2.05, 4.69) is 28.4 Å². The lowest BCUT2D eigenvalue weighted by molar-refractivity contribution is 0.0930. The maximum atomic E-state index is 12.7. The summed E-state index contributed by atoms with van der Waals surface area (Å²) in [7, 11) is 1.86. The van der Waals surface area contributed by atoms with Gasteiger partial charge in [0.2, 0.25) is 5.82 Å². The summed E-state index contributed by atoms with van der Waals surface area (Å²) in [6, 6.07) is 1.69. The van der Waals surface area contributed by atoms with Crippen molar-refractivity contribution in [1.82, 2.24) is 29.9 Å². The van der Waals surface area contributed by atoms with Gasteiger partial charge in [-0.05, 0) is 37.5 Å². The Bertz CT molecular complexity index is 952. The molecule has 2 saturated carbocycles. The fourth-order valence-electron chi connectivity index (χ4n) is 4.35. The highest BCUT2D eigenvalue weighted by atomic mass is 16.2. The van der Waals surface area contributed by atoms with Crippen molar-refractivity contribution in [1.29, 1.82) is 5.41 Å². The molecule has 3 aliphatic rings. The van der Waals surface area contributed by atoms with Crippen molar-refractivity contribution < 1.29 is 4.79 Å². The fraction of sp³-hybridized carbons (Fsp3) is 0.650. The average Bonchev–Trinajstić information content (AvgIpc) is 3.30. The lowest BCUT2D eigenvalue weighted by Crippen LogP contribution is -2.46. The fourth-order valence-corrected chi connectivity index (χ4v) is 4.35. The summed E-state index contributed by atoms with van der Waals surface area (Å²) in [5, 5.41) is 20.6. The monoisotopic (exact) mass is 396 g/mol. The Morgan fingerprint density at radius 2 is 2.10 bits per heavy atom. The molecule has 29 heavy (non-hydrogen) atoms. The second-order valence-electron chi connectivity index (χ2n) is 9.11. The van der Waals surface area contributed by atoms with Gasteiger partial charge in [0.25, 0.3) is 5.91 Å². The number of nitrogens with one attached hydrogen (secondary N) is 2. The largest absolute Gasteiger partial charge is 0.339 e. The predicted molar refractivity (Wildman–Crippen MR) is 108 cm³/mol. The van der Waals surface area contributed by atoms with E-state index in [9.17, 15) is 4.79 Å². The number of fused-ring (bicyclic) bond motifs is 1. The third-order valence-electron chi connectivity index (χ3n) is 6.59. The van der Waals surface area contributed by atoms with Gasteiger partial charge in [0, 0.05) is 32.1 Å².